The Morgan fingerprint density at radius 3 is 2.32 bits per heavy atom. The molecule has 0 aliphatic rings. The standard InChI is InChI=1S/C13H17ClO5/c1-13(2,12(16)17)11(15)7-5-6-8(18-3)10(19-4)9(7)14/h5-6,11,15H,1-4H3,(H,16,17). The van der Waals surface area contributed by atoms with Gasteiger partial charge in [0.1, 0.15) is 0 Å². The van der Waals surface area contributed by atoms with Crippen LogP contribution in [-0.4, -0.2) is 30.4 Å². The molecule has 0 bridgehead atoms. The maximum absolute atomic E-state index is 11.2. The molecule has 0 aliphatic heterocycles. The van der Waals surface area contributed by atoms with E-state index in [1.165, 1.54) is 34.1 Å². The van der Waals surface area contributed by atoms with Gasteiger partial charge in [0, 0.05) is 5.56 Å². The molecule has 0 radical (unpaired) electrons. The van der Waals surface area contributed by atoms with Crippen LogP contribution < -0.4 is 9.47 Å². The number of halogens is 1. The van der Waals surface area contributed by atoms with Crippen LogP contribution in [0.15, 0.2) is 12.1 Å². The molecule has 106 valence electrons. The number of aliphatic carboxylic acids is 1. The van der Waals surface area contributed by atoms with Crippen molar-refractivity contribution in [1.82, 2.24) is 0 Å². The lowest BCUT2D eigenvalue weighted by Gasteiger charge is -2.27. The molecule has 0 fully saturated rings. The Balaban J connectivity index is 3.33. The van der Waals surface area contributed by atoms with Gasteiger partial charge in [0.05, 0.1) is 30.8 Å². The van der Waals surface area contributed by atoms with E-state index >= 15 is 0 Å². The summed E-state index contributed by atoms with van der Waals surface area (Å²) in [5.74, 6) is -0.440. The molecular weight excluding hydrogens is 272 g/mol. The monoisotopic (exact) mass is 288 g/mol. The van der Waals surface area contributed by atoms with Crippen LogP contribution in [-0.2, 0) is 4.79 Å². The quantitative estimate of drug-likeness (QED) is 0.870. The lowest BCUT2D eigenvalue weighted by Crippen LogP contribution is -2.31. The lowest BCUT2D eigenvalue weighted by atomic mass is 9.82. The third-order valence-electron chi connectivity index (χ3n) is 3.04. The minimum absolute atomic E-state index is 0.142. The number of aliphatic hydroxyl groups is 1. The summed E-state index contributed by atoms with van der Waals surface area (Å²) in [6, 6.07) is 3.10. The van der Waals surface area contributed by atoms with E-state index in [9.17, 15) is 9.90 Å². The molecule has 1 aromatic carbocycles. The van der Waals surface area contributed by atoms with Crippen LogP contribution in [0.25, 0.3) is 0 Å². The maximum atomic E-state index is 11.2. The minimum Gasteiger partial charge on any atom is -0.493 e. The Hall–Kier alpha value is -1.46. The van der Waals surface area contributed by atoms with Gasteiger partial charge in [0.25, 0.3) is 0 Å². The maximum Gasteiger partial charge on any atom is 0.312 e. The second-order valence-electron chi connectivity index (χ2n) is 4.63. The largest absolute Gasteiger partial charge is 0.493 e. The zero-order chi connectivity index (χ0) is 14.8. The summed E-state index contributed by atoms with van der Waals surface area (Å²) < 4.78 is 10.2. The highest BCUT2D eigenvalue weighted by atomic mass is 35.5. The minimum atomic E-state index is -1.37. The van der Waals surface area contributed by atoms with Crippen molar-refractivity contribution < 1.29 is 24.5 Å². The summed E-state index contributed by atoms with van der Waals surface area (Å²) in [6.07, 6.45) is -1.27. The van der Waals surface area contributed by atoms with Gasteiger partial charge in [-0.15, -0.1) is 0 Å². The zero-order valence-electron chi connectivity index (χ0n) is 11.2. The molecule has 1 rings (SSSR count). The second kappa shape index (κ2) is 5.67. The van der Waals surface area contributed by atoms with E-state index in [4.69, 9.17) is 26.2 Å². The van der Waals surface area contributed by atoms with Crippen LogP contribution in [0.2, 0.25) is 5.02 Å². The van der Waals surface area contributed by atoms with Crippen molar-refractivity contribution in [2.45, 2.75) is 20.0 Å². The number of carboxylic acids is 1. The van der Waals surface area contributed by atoms with Crippen molar-refractivity contribution in [3.63, 3.8) is 0 Å². The molecule has 5 nitrogen and oxygen atoms in total. The highest BCUT2D eigenvalue weighted by molar-refractivity contribution is 6.33. The van der Waals surface area contributed by atoms with Gasteiger partial charge in [-0.1, -0.05) is 17.7 Å². The molecule has 19 heavy (non-hydrogen) atoms. The van der Waals surface area contributed by atoms with Crippen LogP contribution in [0.4, 0.5) is 0 Å². The number of carbonyl (C=O) groups is 1. The molecule has 0 amide bonds. The fraction of sp³-hybridized carbons (Fsp3) is 0.462. The van der Waals surface area contributed by atoms with Crippen LogP contribution in [0, 0.1) is 5.41 Å². The summed E-state index contributed by atoms with van der Waals surface area (Å²) in [7, 11) is 2.88. The first-order valence-electron chi connectivity index (χ1n) is 5.59. The number of hydrogen-bond acceptors (Lipinski definition) is 4. The number of rotatable bonds is 5. The van der Waals surface area contributed by atoms with Gasteiger partial charge < -0.3 is 19.7 Å². The van der Waals surface area contributed by atoms with Crippen LogP contribution in [0.3, 0.4) is 0 Å². The first-order chi connectivity index (χ1) is 8.77. The van der Waals surface area contributed by atoms with E-state index in [2.05, 4.69) is 0 Å². The van der Waals surface area contributed by atoms with Crippen molar-refractivity contribution in [2.75, 3.05) is 14.2 Å². The average Bonchev–Trinajstić information content (AvgIpc) is 2.37. The molecule has 1 atom stereocenters. The number of aliphatic hydroxyl groups excluding tert-OH is 1. The number of ether oxygens (including phenoxy) is 2. The highest BCUT2D eigenvalue weighted by Gasteiger charge is 2.38. The van der Waals surface area contributed by atoms with Crippen molar-refractivity contribution >= 4 is 17.6 Å². The molecule has 6 heteroatoms. The van der Waals surface area contributed by atoms with Gasteiger partial charge in [-0.25, -0.2) is 0 Å². The Kier molecular flexibility index (Phi) is 4.66. The molecular formula is C13H17ClO5. The molecule has 1 aromatic rings. The fourth-order valence-corrected chi connectivity index (χ4v) is 1.96. The molecule has 0 spiro atoms. The van der Waals surface area contributed by atoms with Gasteiger partial charge in [0.2, 0.25) is 0 Å². The smallest absolute Gasteiger partial charge is 0.312 e. The topological polar surface area (TPSA) is 76.0 Å². The van der Waals surface area contributed by atoms with E-state index in [0.29, 0.717) is 5.75 Å². The Morgan fingerprint density at radius 1 is 1.32 bits per heavy atom. The van der Waals surface area contributed by atoms with E-state index in [-0.39, 0.29) is 16.3 Å². The van der Waals surface area contributed by atoms with E-state index in [0.717, 1.165) is 0 Å². The SMILES string of the molecule is COc1ccc(C(O)C(C)(C)C(=O)O)c(Cl)c1OC. The average molecular weight is 289 g/mol. The van der Waals surface area contributed by atoms with Gasteiger partial charge in [-0.3, -0.25) is 4.79 Å². The summed E-state index contributed by atoms with van der Waals surface area (Å²) in [5.41, 5.74) is -1.09. The molecule has 0 saturated carbocycles. The molecule has 0 aliphatic carbocycles. The van der Waals surface area contributed by atoms with Crippen molar-refractivity contribution in [3.8, 4) is 11.5 Å². The van der Waals surface area contributed by atoms with Gasteiger partial charge in [-0.2, -0.15) is 0 Å². The first-order valence-corrected chi connectivity index (χ1v) is 5.97. The Bertz CT molecular complexity index is 484. The fourth-order valence-electron chi connectivity index (χ4n) is 1.62. The summed E-state index contributed by atoms with van der Waals surface area (Å²) >= 11 is 6.14. The summed E-state index contributed by atoms with van der Waals surface area (Å²) in [5, 5.41) is 19.5. The number of hydrogen-bond donors (Lipinski definition) is 2. The van der Waals surface area contributed by atoms with Crippen LogP contribution >= 0.6 is 11.6 Å². The third kappa shape index (κ3) is 2.77. The van der Waals surface area contributed by atoms with Gasteiger partial charge in [0.15, 0.2) is 11.5 Å². The Morgan fingerprint density at radius 2 is 1.89 bits per heavy atom. The Labute approximate surface area is 116 Å². The van der Waals surface area contributed by atoms with Crippen molar-refractivity contribution in [2.24, 2.45) is 5.41 Å². The zero-order valence-corrected chi connectivity index (χ0v) is 12.0. The first kappa shape index (κ1) is 15.6. The number of benzene rings is 1. The predicted molar refractivity (Wildman–Crippen MR) is 70.9 cm³/mol. The summed E-state index contributed by atoms with van der Waals surface area (Å²) in [4.78, 5) is 11.2. The lowest BCUT2D eigenvalue weighted by molar-refractivity contribution is -0.153. The van der Waals surface area contributed by atoms with E-state index in [1.807, 2.05) is 0 Å². The molecule has 1 unspecified atom stereocenters. The highest BCUT2D eigenvalue weighted by Crippen LogP contribution is 2.44. The number of carboxylic acid groups (broad SMARTS) is 1. The molecule has 0 heterocycles. The number of methoxy groups -OCH3 is 2. The van der Waals surface area contributed by atoms with E-state index < -0.39 is 17.5 Å². The molecule has 0 saturated heterocycles. The van der Waals surface area contributed by atoms with Gasteiger partial charge >= 0.3 is 5.97 Å². The summed E-state index contributed by atoms with van der Waals surface area (Å²) in [6.45, 7) is 2.85. The predicted octanol–water partition coefficient (Wildman–Crippen LogP) is 2.50. The van der Waals surface area contributed by atoms with Gasteiger partial charge in [-0.05, 0) is 19.9 Å². The van der Waals surface area contributed by atoms with Crippen molar-refractivity contribution in [3.05, 3.63) is 22.7 Å². The van der Waals surface area contributed by atoms with Crippen LogP contribution in [0.5, 0.6) is 11.5 Å². The van der Waals surface area contributed by atoms with Crippen molar-refractivity contribution in [1.29, 1.82) is 0 Å². The normalized spacial score (nSPS) is 12.9. The molecule has 0 aromatic heterocycles. The van der Waals surface area contributed by atoms with E-state index in [1.54, 1.807) is 6.07 Å². The van der Waals surface area contributed by atoms with Crippen LogP contribution in [0.1, 0.15) is 25.5 Å². The third-order valence-corrected chi connectivity index (χ3v) is 3.43. The molecule has 2 N–H and O–H groups in total. The second-order valence-corrected chi connectivity index (χ2v) is 5.01.